The summed E-state index contributed by atoms with van der Waals surface area (Å²) in [5.41, 5.74) is 9.26. The van der Waals surface area contributed by atoms with Crippen LogP contribution >= 0.6 is 0 Å². The number of nitrogens with two attached hydrogens (primary N) is 1. The molecule has 1 amide bonds. The molecule has 3 aromatic rings. The second kappa shape index (κ2) is 10.4. The van der Waals surface area contributed by atoms with Crippen LogP contribution in [0.15, 0.2) is 36.7 Å². The largest absolute Gasteiger partial charge is 0.378 e. The van der Waals surface area contributed by atoms with Crippen molar-refractivity contribution in [1.29, 1.82) is 0 Å². The van der Waals surface area contributed by atoms with Crippen molar-refractivity contribution in [3.63, 3.8) is 0 Å². The molecule has 0 saturated carbocycles. The maximum absolute atomic E-state index is 11.5. The summed E-state index contributed by atoms with van der Waals surface area (Å²) in [6, 6.07) is 7.13. The predicted octanol–water partition coefficient (Wildman–Crippen LogP) is 0.629. The van der Waals surface area contributed by atoms with E-state index in [4.69, 9.17) is 25.0 Å². The summed E-state index contributed by atoms with van der Waals surface area (Å²) in [6.45, 7) is 6.60. The molecule has 3 N–H and O–H groups in total. The lowest BCUT2D eigenvalue weighted by molar-refractivity contribution is 0.1000. The number of aromatic nitrogens is 3. The zero-order chi connectivity index (χ0) is 24.4. The van der Waals surface area contributed by atoms with Gasteiger partial charge in [0.1, 0.15) is 5.88 Å². The van der Waals surface area contributed by atoms with Gasteiger partial charge in [0.2, 0.25) is 5.91 Å². The number of carbonyl (C=O) groups excluding carboxylic acids is 1. The number of primary amides is 1. The number of hydrogen-bond acceptors (Lipinski definition) is 8. The third kappa shape index (κ3) is 5.52. The van der Waals surface area contributed by atoms with Gasteiger partial charge in [0.25, 0.3) is 0 Å². The molecule has 2 aliphatic rings. The van der Waals surface area contributed by atoms with E-state index in [0.29, 0.717) is 25.3 Å². The Morgan fingerprint density at radius 1 is 1.00 bits per heavy atom. The van der Waals surface area contributed by atoms with Crippen LogP contribution < -0.4 is 10.6 Å². The number of morpholine rings is 1. The minimum atomic E-state index is -1.80. The summed E-state index contributed by atoms with van der Waals surface area (Å²) in [6.07, 6.45) is 4.00. The second-order valence-electron chi connectivity index (χ2n) is 8.80. The number of anilines is 1. The SMILES string of the molecule is NC(=O)c1ccc(-c2cn3cc(CN4CCN(CS(=O)O)CC4)nc3c(N3CCOCC3)n2)cc1. The van der Waals surface area contributed by atoms with Crippen LogP contribution in [0.2, 0.25) is 0 Å². The lowest BCUT2D eigenvalue weighted by atomic mass is 10.1. The highest BCUT2D eigenvalue weighted by Crippen LogP contribution is 2.26. The van der Waals surface area contributed by atoms with Gasteiger partial charge in [-0.3, -0.25) is 14.6 Å². The minimum Gasteiger partial charge on any atom is -0.378 e. The van der Waals surface area contributed by atoms with Gasteiger partial charge in [-0.15, -0.1) is 0 Å². The van der Waals surface area contributed by atoms with Gasteiger partial charge in [-0.05, 0) is 12.1 Å². The molecule has 1 atom stereocenters. The molecule has 1 unspecified atom stereocenters. The molecule has 12 heteroatoms. The van der Waals surface area contributed by atoms with Crippen LogP contribution in [0.5, 0.6) is 0 Å². The van der Waals surface area contributed by atoms with Crippen molar-refractivity contribution in [2.75, 3.05) is 63.3 Å². The fraction of sp³-hybridized carbons (Fsp3) is 0.435. The Hall–Kier alpha value is -2.90. The fourth-order valence-corrected chi connectivity index (χ4v) is 5.07. The van der Waals surface area contributed by atoms with Crippen molar-refractivity contribution in [2.45, 2.75) is 6.54 Å². The molecule has 2 fully saturated rings. The Kier molecular flexibility index (Phi) is 7.07. The highest BCUT2D eigenvalue weighted by Gasteiger charge is 2.22. The molecule has 35 heavy (non-hydrogen) atoms. The lowest BCUT2D eigenvalue weighted by Gasteiger charge is -2.33. The lowest BCUT2D eigenvalue weighted by Crippen LogP contribution is -2.46. The number of rotatable bonds is 7. The monoisotopic (exact) mass is 499 g/mol. The van der Waals surface area contributed by atoms with E-state index in [2.05, 4.69) is 9.80 Å². The number of benzene rings is 1. The quantitative estimate of drug-likeness (QED) is 0.450. The molecule has 4 heterocycles. The van der Waals surface area contributed by atoms with Crippen molar-refractivity contribution >= 4 is 28.5 Å². The average molecular weight is 500 g/mol. The first-order valence-corrected chi connectivity index (χ1v) is 12.9. The number of imidazole rings is 1. The molecule has 1 aromatic carbocycles. The summed E-state index contributed by atoms with van der Waals surface area (Å²) >= 11 is -1.80. The fourth-order valence-electron chi connectivity index (χ4n) is 4.50. The average Bonchev–Trinajstić information content (AvgIpc) is 3.27. The van der Waals surface area contributed by atoms with E-state index in [0.717, 1.165) is 67.7 Å². The molecule has 2 aromatic heterocycles. The Balaban J connectivity index is 1.42. The zero-order valence-corrected chi connectivity index (χ0v) is 20.2. The summed E-state index contributed by atoms with van der Waals surface area (Å²) < 4.78 is 27.8. The molecular formula is C23H29N7O4S. The van der Waals surface area contributed by atoms with E-state index in [1.54, 1.807) is 12.1 Å². The second-order valence-corrected chi connectivity index (χ2v) is 9.70. The van der Waals surface area contributed by atoms with Crippen molar-refractivity contribution in [1.82, 2.24) is 24.2 Å². The van der Waals surface area contributed by atoms with Gasteiger partial charge in [0, 0.05) is 69.3 Å². The zero-order valence-electron chi connectivity index (χ0n) is 19.4. The van der Waals surface area contributed by atoms with Gasteiger partial charge < -0.3 is 24.3 Å². The van der Waals surface area contributed by atoms with E-state index in [1.165, 1.54) is 0 Å². The van der Waals surface area contributed by atoms with Crippen molar-refractivity contribution in [2.24, 2.45) is 5.73 Å². The van der Waals surface area contributed by atoms with Crippen LogP contribution in [-0.4, -0.2) is 97.2 Å². The van der Waals surface area contributed by atoms with Gasteiger partial charge in [-0.2, -0.15) is 0 Å². The Labute approximate surface area is 205 Å². The number of carbonyl (C=O) groups is 1. The highest BCUT2D eigenvalue weighted by molar-refractivity contribution is 7.79. The van der Waals surface area contributed by atoms with Crippen LogP contribution in [0.3, 0.4) is 0 Å². The number of piperazine rings is 1. The molecule has 0 spiro atoms. The summed E-state index contributed by atoms with van der Waals surface area (Å²) in [4.78, 5) is 27.9. The first-order chi connectivity index (χ1) is 17.0. The van der Waals surface area contributed by atoms with Gasteiger partial charge in [-0.1, -0.05) is 12.1 Å². The van der Waals surface area contributed by atoms with E-state index in [-0.39, 0.29) is 5.88 Å². The Bertz CT molecular complexity index is 1220. The van der Waals surface area contributed by atoms with Crippen molar-refractivity contribution in [3.8, 4) is 11.3 Å². The van der Waals surface area contributed by atoms with Gasteiger partial charge >= 0.3 is 0 Å². The van der Waals surface area contributed by atoms with Crippen LogP contribution in [0.1, 0.15) is 16.1 Å². The van der Waals surface area contributed by atoms with Crippen LogP contribution in [0, 0.1) is 0 Å². The van der Waals surface area contributed by atoms with E-state index in [1.807, 2.05) is 33.8 Å². The predicted molar refractivity (Wildman–Crippen MR) is 132 cm³/mol. The molecule has 186 valence electrons. The van der Waals surface area contributed by atoms with Crippen LogP contribution in [-0.2, 0) is 22.4 Å². The number of hydrogen-bond donors (Lipinski definition) is 2. The highest BCUT2D eigenvalue weighted by atomic mass is 32.2. The van der Waals surface area contributed by atoms with E-state index in [9.17, 15) is 9.00 Å². The van der Waals surface area contributed by atoms with Crippen LogP contribution in [0.25, 0.3) is 16.9 Å². The van der Waals surface area contributed by atoms with Crippen LogP contribution in [0.4, 0.5) is 5.82 Å². The molecule has 2 saturated heterocycles. The topological polar surface area (TPSA) is 130 Å². The molecule has 11 nitrogen and oxygen atoms in total. The maximum atomic E-state index is 11.5. The van der Waals surface area contributed by atoms with Gasteiger partial charge in [0.15, 0.2) is 22.5 Å². The third-order valence-electron chi connectivity index (χ3n) is 6.39. The molecule has 2 aliphatic heterocycles. The van der Waals surface area contributed by atoms with Gasteiger partial charge in [0.05, 0.1) is 24.6 Å². The molecule has 0 aliphatic carbocycles. The Morgan fingerprint density at radius 3 is 2.34 bits per heavy atom. The standard InChI is InChI=1S/C23H29N7O4S/c24-21(31)18-3-1-17(2-4-18)20-15-30-14-19(13-27-5-7-28(8-6-27)16-35(32)33)25-22(30)23(26-20)29-9-11-34-12-10-29/h1-4,14-15H,5-13,16H2,(H2,24,31)(H,32,33). The third-order valence-corrected chi connectivity index (χ3v) is 6.98. The Morgan fingerprint density at radius 2 is 1.69 bits per heavy atom. The summed E-state index contributed by atoms with van der Waals surface area (Å²) in [7, 11) is 0. The van der Waals surface area contributed by atoms with Crippen molar-refractivity contribution < 1.29 is 18.3 Å². The number of amides is 1. The number of ether oxygens (including phenoxy) is 1. The molecule has 0 bridgehead atoms. The van der Waals surface area contributed by atoms with E-state index < -0.39 is 17.0 Å². The number of nitrogens with zero attached hydrogens (tertiary/aromatic N) is 6. The smallest absolute Gasteiger partial charge is 0.248 e. The van der Waals surface area contributed by atoms with Gasteiger partial charge in [-0.25, -0.2) is 14.2 Å². The number of fused-ring (bicyclic) bond motifs is 1. The minimum absolute atomic E-state index is 0.194. The first-order valence-electron chi connectivity index (χ1n) is 11.6. The maximum Gasteiger partial charge on any atom is 0.248 e. The normalized spacial score (nSPS) is 18.7. The summed E-state index contributed by atoms with van der Waals surface area (Å²) in [5, 5.41) is 0. The summed E-state index contributed by atoms with van der Waals surface area (Å²) in [5.74, 6) is 0.546. The molecular weight excluding hydrogens is 470 g/mol. The van der Waals surface area contributed by atoms with Crippen molar-refractivity contribution in [3.05, 3.63) is 47.9 Å². The molecule has 5 rings (SSSR count). The van der Waals surface area contributed by atoms with E-state index >= 15 is 0 Å². The first kappa shape index (κ1) is 23.8. The molecule has 0 radical (unpaired) electrons.